The molecule has 0 fully saturated rings. The molecule has 0 atom stereocenters. The van der Waals surface area contributed by atoms with Crippen LogP contribution in [0.1, 0.15) is 11.8 Å². The number of anilines is 1. The highest BCUT2D eigenvalue weighted by Crippen LogP contribution is 2.15. The van der Waals surface area contributed by atoms with Gasteiger partial charge in [0.2, 0.25) is 0 Å². The van der Waals surface area contributed by atoms with Crippen LogP contribution in [0.4, 0.5) is 5.69 Å². The summed E-state index contributed by atoms with van der Waals surface area (Å²) in [6, 6.07) is 11.0. The van der Waals surface area contributed by atoms with Crippen LogP contribution < -0.4 is 10.1 Å². The lowest BCUT2D eigenvalue weighted by atomic mass is 10.3. The molecule has 0 unspecified atom stereocenters. The van der Waals surface area contributed by atoms with Gasteiger partial charge in [-0.3, -0.25) is 4.79 Å². The molecule has 0 saturated carbocycles. The molecular formula is C15H16N2O3S. The number of hydrogen-bond acceptors (Lipinski definition) is 5. The van der Waals surface area contributed by atoms with Gasteiger partial charge in [0.15, 0.2) is 6.61 Å². The predicted molar refractivity (Wildman–Crippen MR) is 84.1 cm³/mol. The van der Waals surface area contributed by atoms with E-state index in [2.05, 4.69) is 10.5 Å². The van der Waals surface area contributed by atoms with Crippen LogP contribution in [0, 0.1) is 0 Å². The number of benzene rings is 1. The first kappa shape index (κ1) is 15.1. The highest BCUT2D eigenvalue weighted by molar-refractivity contribution is 7.12. The molecule has 0 aliphatic heterocycles. The van der Waals surface area contributed by atoms with E-state index in [0.29, 0.717) is 5.69 Å². The zero-order valence-electron chi connectivity index (χ0n) is 11.8. The molecule has 0 spiro atoms. The number of ether oxygens (including phenoxy) is 1. The highest BCUT2D eigenvalue weighted by Gasteiger charge is 2.04. The largest absolute Gasteiger partial charge is 0.497 e. The summed E-state index contributed by atoms with van der Waals surface area (Å²) in [5.74, 6) is 0.475. The van der Waals surface area contributed by atoms with Crippen molar-refractivity contribution in [1.29, 1.82) is 0 Å². The van der Waals surface area contributed by atoms with E-state index in [1.165, 1.54) is 0 Å². The average Bonchev–Trinajstić information content (AvgIpc) is 3.02. The lowest BCUT2D eigenvalue weighted by molar-refractivity contribution is -0.120. The Balaban J connectivity index is 1.80. The first-order valence-electron chi connectivity index (χ1n) is 6.33. The number of nitrogens with one attached hydrogen (secondary N) is 1. The maximum absolute atomic E-state index is 11.7. The Bertz CT molecular complexity index is 606. The van der Waals surface area contributed by atoms with Crippen LogP contribution in [0.15, 0.2) is 46.9 Å². The Morgan fingerprint density at radius 2 is 2.05 bits per heavy atom. The lowest BCUT2D eigenvalue weighted by Gasteiger charge is -2.05. The SMILES string of the molecule is COc1ccc(NC(=O)CO/N=C(/C)c2cccs2)cc1. The summed E-state index contributed by atoms with van der Waals surface area (Å²) in [6.45, 7) is 1.71. The van der Waals surface area contributed by atoms with Crippen LogP contribution in [0.5, 0.6) is 5.75 Å². The number of hydrogen-bond donors (Lipinski definition) is 1. The molecule has 2 aromatic rings. The van der Waals surface area contributed by atoms with Gasteiger partial charge in [0.25, 0.3) is 5.91 Å². The summed E-state index contributed by atoms with van der Waals surface area (Å²) < 4.78 is 5.05. The molecule has 0 bridgehead atoms. The Morgan fingerprint density at radius 3 is 2.67 bits per heavy atom. The number of amides is 1. The monoisotopic (exact) mass is 304 g/mol. The van der Waals surface area contributed by atoms with Gasteiger partial charge in [0.1, 0.15) is 5.75 Å². The van der Waals surface area contributed by atoms with Crippen molar-refractivity contribution >= 4 is 28.6 Å². The minimum absolute atomic E-state index is 0.130. The first-order valence-corrected chi connectivity index (χ1v) is 7.21. The fraction of sp³-hybridized carbons (Fsp3) is 0.200. The third-order valence-electron chi connectivity index (χ3n) is 2.65. The Hall–Kier alpha value is -2.34. The number of rotatable bonds is 6. The van der Waals surface area contributed by atoms with E-state index in [0.717, 1.165) is 16.3 Å². The van der Waals surface area contributed by atoms with E-state index in [-0.39, 0.29) is 12.5 Å². The number of nitrogens with zero attached hydrogens (tertiary/aromatic N) is 1. The minimum atomic E-state index is -0.261. The molecule has 1 aromatic heterocycles. The molecule has 2 rings (SSSR count). The summed E-state index contributed by atoms with van der Waals surface area (Å²) in [5, 5.41) is 8.60. The Labute approximate surface area is 127 Å². The number of methoxy groups -OCH3 is 1. The third-order valence-corrected chi connectivity index (χ3v) is 3.63. The fourth-order valence-corrected chi connectivity index (χ4v) is 2.26. The van der Waals surface area contributed by atoms with Gasteiger partial charge in [-0.2, -0.15) is 0 Å². The second-order valence-corrected chi connectivity index (χ2v) is 5.15. The molecular weight excluding hydrogens is 288 g/mol. The van der Waals surface area contributed by atoms with Crippen molar-refractivity contribution in [2.45, 2.75) is 6.92 Å². The van der Waals surface area contributed by atoms with Crippen LogP contribution in [0.25, 0.3) is 0 Å². The molecule has 1 aromatic carbocycles. The van der Waals surface area contributed by atoms with Crippen LogP contribution >= 0.6 is 11.3 Å². The van der Waals surface area contributed by atoms with Crippen molar-refractivity contribution in [3.05, 3.63) is 46.7 Å². The van der Waals surface area contributed by atoms with E-state index >= 15 is 0 Å². The van der Waals surface area contributed by atoms with Crippen molar-refractivity contribution < 1.29 is 14.4 Å². The molecule has 6 heteroatoms. The number of thiophene rings is 1. The molecule has 1 amide bonds. The van der Waals surface area contributed by atoms with Gasteiger partial charge in [0.05, 0.1) is 17.7 Å². The summed E-state index contributed by atoms with van der Waals surface area (Å²) >= 11 is 1.57. The van der Waals surface area contributed by atoms with Gasteiger partial charge >= 0.3 is 0 Å². The Morgan fingerprint density at radius 1 is 1.29 bits per heavy atom. The second-order valence-electron chi connectivity index (χ2n) is 4.20. The highest BCUT2D eigenvalue weighted by atomic mass is 32.1. The van der Waals surface area contributed by atoms with Crippen molar-refractivity contribution in [2.75, 3.05) is 19.0 Å². The molecule has 110 valence electrons. The molecule has 21 heavy (non-hydrogen) atoms. The Kier molecular flexibility index (Phi) is 5.34. The van der Waals surface area contributed by atoms with Crippen LogP contribution in [-0.2, 0) is 9.63 Å². The number of carbonyl (C=O) groups excluding carboxylic acids is 1. The van der Waals surface area contributed by atoms with Crippen LogP contribution in [0.2, 0.25) is 0 Å². The summed E-state index contributed by atoms with van der Waals surface area (Å²) in [5.41, 5.74) is 1.44. The van der Waals surface area contributed by atoms with Crippen molar-refractivity contribution in [1.82, 2.24) is 0 Å². The molecule has 1 heterocycles. The summed E-state index contributed by atoms with van der Waals surface area (Å²) in [6.07, 6.45) is 0. The number of carbonyl (C=O) groups is 1. The fourth-order valence-electron chi connectivity index (χ4n) is 1.59. The van der Waals surface area contributed by atoms with Crippen molar-refractivity contribution in [3.8, 4) is 5.75 Å². The van der Waals surface area contributed by atoms with E-state index in [9.17, 15) is 4.79 Å². The maximum atomic E-state index is 11.7. The van der Waals surface area contributed by atoms with E-state index in [4.69, 9.17) is 9.57 Å². The van der Waals surface area contributed by atoms with Gasteiger partial charge in [0, 0.05) is 5.69 Å². The van der Waals surface area contributed by atoms with Gasteiger partial charge in [-0.1, -0.05) is 11.2 Å². The molecule has 0 radical (unpaired) electrons. The quantitative estimate of drug-likeness (QED) is 0.659. The molecule has 0 saturated heterocycles. The smallest absolute Gasteiger partial charge is 0.265 e. The lowest BCUT2D eigenvalue weighted by Crippen LogP contribution is -2.17. The third kappa shape index (κ3) is 4.61. The zero-order chi connectivity index (χ0) is 15.1. The van der Waals surface area contributed by atoms with Gasteiger partial charge < -0.3 is 14.9 Å². The second kappa shape index (κ2) is 7.44. The topological polar surface area (TPSA) is 59.9 Å². The van der Waals surface area contributed by atoms with E-state index in [1.807, 2.05) is 24.4 Å². The van der Waals surface area contributed by atoms with Gasteiger partial charge in [-0.05, 0) is 42.6 Å². The summed E-state index contributed by atoms with van der Waals surface area (Å²) in [4.78, 5) is 17.8. The van der Waals surface area contributed by atoms with Gasteiger partial charge in [-0.25, -0.2) is 0 Å². The zero-order valence-corrected chi connectivity index (χ0v) is 12.6. The normalized spacial score (nSPS) is 11.0. The minimum Gasteiger partial charge on any atom is -0.497 e. The molecule has 1 N–H and O–H groups in total. The number of oxime groups is 1. The van der Waals surface area contributed by atoms with E-state index < -0.39 is 0 Å². The van der Waals surface area contributed by atoms with Crippen LogP contribution in [-0.4, -0.2) is 25.3 Å². The molecule has 0 aliphatic rings. The summed E-state index contributed by atoms with van der Waals surface area (Å²) in [7, 11) is 1.59. The van der Waals surface area contributed by atoms with Gasteiger partial charge in [-0.15, -0.1) is 11.3 Å². The average molecular weight is 304 g/mol. The van der Waals surface area contributed by atoms with Crippen molar-refractivity contribution in [2.24, 2.45) is 5.16 Å². The van der Waals surface area contributed by atoms with Crippen LogP contribution in [0.3, 0.4) is 0 Å². The molecule has 5 nitrogen and oxygen atoms in total. The predicted octanol–water partition coefficient (Wildman–Crippen LogP) is 3.14. The maximum Gasteiger partial charge on any atom is 0.265 e. The van der Waals surface area contributed by atoms with E-state index in [1.54, 1.807) is 42.7 Å². The molecule has 0 aliphatic carbocycles. The first-order chi connectivity index (χ1) is 10.2. The van der Waals surface area contributed by atoms with Crippen molar-refractivity contribution in [3.63, 3.8) is 0 Å². The standard InChI is InChI=1S/C15H16N2O3S/c1-11(14-4-3-9-21-14)17-20-10-15(18)16-12-5-7-13(19-2)8-6-12/h3-9H,10H2,1-2H3,(H,16,18)/b17-11-.